The van der Waals surface area contributed by atoms with Gasteiger partial charge in [0.25, 0.3) is 5.56 Å². The van der Waals surface area contributed by atoms with E-state index in [0.717, 1.165) is 33.4 Å². The average Bonchev–Trinajstić information content (AvgIpc) is 3.10. The molecule has 0 unspecified atom stereocenters. The number of ether oxygens (including phenoxy) is 2. The number of nitrogens with two attached hydrogens (primary N) is 1. The van der Waals surface area contributed by atoms with Crippen LogP contribution in [0.1, 0.15) is 53.6 Å². The fourth-order valence-electron chi connectivity index (χ4n) is 4.30. The van der Waals surface area contributed by atoms with Gasteiger partial charge >= 0.3 is 0 Å². The van der Waals surface area contributed by atoms with Gasteiger partial charge in [0.1, 0.15) is 10.4 Å². The first kappa shape index (κ1) is 21.9. The number of thiophene rings is 1. The van der Waals surface area contributed by atoms with Crippen molar-refractivity contribution in [1.82, 2.24) is 4.98 Å². The first-order valence-electron chi connectivity index (χ1n) is 10.3. The van der Waals surface area contributed by atoms with Gasteiger partial charge in [0.05, 0.1) is 19.9 Å². The van der Waals surface area contributed by atoms with E-state index in [1.165, 1.54) is 18.3 Å². The highest BCUT2D eigenvalue weighted by atomic mass is 32.1. The number of anilines is 1. The van der Waals surface area contributed by atoms with E-state index in [-0.39, 0.29) is 22.4 Å². The van der Waals surface area contributed by atoms with Gasteiger partial charge in [-0.1, -0.05) is 32.1 Å². The zero-order valence-electron chi connectivity index (χ0n) is 18.8. The molecule has 0 saturated carbocycles. The van der Waals surface area contributed by atoms with Crippen LogP contribution in [-0.4, -0.2) is 25.0 Å². The summed E-state index contributed by atoms with van der Waals surface area (Å²) < 4.78 is 10.7. The quantitative estimate of drug-likeness (QED) is 0.523. The van der Waals surface area contributed by atoms with Crippen LogP contribution in [-0.2, 0) is 5.41 Å². The highest BCUT2D eigenvalue weighted by Crippen LogP contribution is 2.47. The van der Waals surface area contributed by atoms with Crippen molar-refractivity contribution in [3.8, 4) is 11.5 Å². The Kier molecular flexibility index (Phi) is 5.46. The molecule has 0 radical (unpaired) electrons. The predicted octanol–water partition coefficient (Wildman–Crippen LogP) is 5.17. The molecule has 2 heterocycles. The number of nitrogen functional groups attached to an aromatic ring is 1. The number of hydrogen-bond acceptors (Lipinski definition) is 6. The number of allylic oxidation sites excluding steroid dienone is 2. The molecule has 166 valence electrons. The van der Waals surface area contributed by atoms with Gasteiger partial charge in [-0.15, -0.1) is 11.3 Å². The van der Waals surface area contributed by atoms with Gasteiger partial charge in [-0.3, -0.25) is 9.59 Å². The number of fused-ring (bicyclic) bond motifs is 3. The lowest BCUT2D eigenvalue weighted by atomic mass is 9.77. The molecule has 0 saturated heterocycles. The first-order chi connectivity index (χ1) is 15.2. The SMILES string of the molecule is COc1ccc(/C=C/C2=Cc3c(sc4[nH]c(=O)c(C(C)=O)c(N)c34)C(C)(C)C2)cc1OC. The van der Waals surface area contributed by atoms with Crippen molar-refractivity contribution < 1.29 is 14.3 Å². The number of rotatable bonds is 5. The molecule has 32 heavy (non-hydrogen) atoms. The molecule has 3 aromatic rings. The second-order valence-electron chi connectivity index (χ2n) is 8.58. The number of pyridine rings is 1. The molecule has 1 aromatic carbocycles. The minimum atomic E-state index is -0.434. The summed E-state index contributed by atoms with van der Waals surface area (Å²) in [4.78, 5) is 29.1. The monoisotopic (exact) mass is 450 g/mol. The van der Waals surface area contributed by atoms with Gasteiger partial charge in [-0.2, -0.15) is 0 Å². The number of aromatic amines is 1. The fraction of sp³-hybridized carbons (Fsp3) is 0.280. The lowest BCUT2D eigenvalue weighted by molar-refractivity contribution is 0.101. The lowest BCUT2D eigenvalue weighted by Crippen LogP contribution is -2.20. The second-order valence-corrected chi connectivity index (χ2v) is 9.60. The highest BCUT2D eigenvalue weighted by molar-refractivity contribution is 7.19. The molecule has 0 fully saturated rings. The van der Waals surface area contributed by atoms with E-state index in [1.807, 2.05) is 24.3 Å². The summed E-state index contributed by atoms with van der Waals surface area (Å²) in [6.07, 6.45) is 7.06. The summed E-state index contributed by atoms with van der Waals surface area (Å²) in [5, 5.41) is 0.750. The number of benzene rings is 1. The summed E-state index contributed by atoms with van der Waals surface area (Å²) in [7, 11) is 3.23. The number of carbonyl (C=O) groups is 1. The van der Waals surface area contributed by atoms with Crippen LogP contribution < -0.4 is 20.8 Å². The number of methoxy groups -OCH3 is 2. The van der Waals surface area contributed by atoms with Gasteiger partial charge < -0.3 is 20.2 Å². The van der Waals surface area contributed by atoms with Gasteiger partial charge in [0.2, 0.25) is 0 Å². The summed E-state index contributed by atoms with van der Waals surface area (Å²) in [6.45, 7) is 5.72. The van der Waals surface area contributed by atoms with Crippen molar-refractivity contribution in [2.75, 3.05) is 20.0 Å². The molecule has 4 rings (SSSR count). The zero-order valence-corrected chi connectivity index (χ0v) is 19.6. The molecule has 0 amide bonds. The molecule has 1 aliphatic carbocycles. The van der Waals surface area contributed by atoms with Crippen LogP contribution in [0.25, 0.3) is 22.4 Å². The number of Topliss-reactive ketones (excluding diaryl/α,β-unsaturated/α-hetero) is 1. The van der Waals surface area contributed by atoms with Crippen LogP contribution in [0.4, 0.5) is 5.69 Å². The molecule has 6 nitrogen and oxygen atoms in total. The van der Waals surface area contributed by atoms with Crippen LogP contribution >= 0.6 is 11.3 Å². The molecule has 3 N–H and O–H groups in total. The minimum absolute atomic E-state index is 0.0253. The summed E-state index contributed by atoms with van der Waals surface area (Å²) in [5.41, 5.74) is 9.14. The second kappa shape index (κ2) is 7.98. The molecule has 0 aliphatic heterocycles. The Morgan fingerprint density at radius 3 is 2.56 bits per heavy atom. The first-order valence-corrected chi connectivity index (χ1v) is 11.1. The highest BCUT2D eigenvalue weighted by Gasteiger charge is 2.33. The third kappa shape index (κ3) is 3.62. The molecule has 2 aromatic heterocycles. The molecule has 0 atom stereocenters. The molecular weight excluding hydrogens is 424 g/mol. The van der Waals surface area contributed by atoms with Gasteiger partial charge in [0.15, 0.2) is 17.3 Å². The molecule has 7 heteroatoms. The Morgan fingerprint density at radius 1 is 1.19 bits per heavy atom. The number of H-pyrrole nitrogens is 1. The van der Waals surface area contributed by atoms with Crippen molar-refractivity contribution in [1.29, 1.82) is 0 Å². The topological polar surface area (TPSA) is 94.4 Å². The predicted molar refractivity (Wildman–Crippen MR) is 131 cm³/mol. The van der Waals surface area contributed by atoms with Crippen LogP contribution in [0.5, 0.6) is 11.5 Å². The Bertz CT molecular complexity index is 1360. The largest absolute Gasteiger partial charge is 0.493 e. The third-order valence-electron chi connectivity index (χ3n) is 5.78. The van der Waals surface area contributed by atoms with Crippen LogP contribution in [0.3, 0.4) is 0 Å². The maximum Gasteiger partial charge on any atom is 0.262 e. The van der Waals surface area contributed by atoms with Gasteiger partial charge in [-0.05, 0) is 42.7 Å². The third-order valence-corrected chi connectivity index (χ3v) is 7.26. The number of carbonyl (C=O) groups excluding carboxylic acids is 1. The lowest BCUT2D eigenvalue weighted by Gasteiger charge is -2.29. The zero-order chi connectivity index (χ0) is 23.2. The van der Waals surface area contributed by atoms with Crippen molar-refractivity contribution in [2.24, 2.45) is 0 Å². The van der Waals surface area contributed by atoms with E-state index in [0.29, 0.717) is 16.3 Å². The van der Waals surface area contributed by atoms with E-state index in [9.17, 15) is 9.59 Å². The van der Waals surface area contributed by atoms with E-state index < -0.39 is 5.56 Å². The smallest absolute Gasteiger partial charge is 0.262 e. The molecule has 0 spiro atoms. The number of hydrogen-bond donors (Lipinski definition) is 2. The van der Waals surface area contributed by atoms with Gasteiger partial charge in [0, 0.05) is 21.2 Å². The number of aromatic nitrogens is 1. The van der Waals surface area contributed by atoms with E-state index in [2.05, 4.69) is 31.0 Å². The Balaban J connectivity index is 1.83. The standard InChI is InChI=1S/C25H26N2O4S/c1-13(28)19-21(26)20-16-10-15(7-6-14-8-9-17(30-4)18(11-14)31-5)12-25(2,3)22(16)32-24(20)27-23(19)29/h6-11H,12H2,1-5H3,(H3,26,27,29)/b7-6+. The van der Waals surface area contributed by atoms with Gasteiger partial charge in [-0.25, -0.2) is 0 Å². The Labute approximate surface area is 190 Å². The molecule has 1 aliphatic rings. The van der Waals surface area contributed by atoms with Crippen molar-refractivity contribution in [2.45, 2.75) is 32.6 Å². The maximum atomic E-state index is 12.4. The van der Waals surface area contributed by atoms with E-state index in [4.69, 9.17) is 15.2 Å². The van der Waals surface area contributed by atoms with Crippen LogP contribution in [0.2, 0.25) is 0 Å². The average molecular weight is 451 g/mol. The molecule has 0 bridgehead atoms. The van der Waals surface area contributed by atoms with Crippen molar-refractivity contribution in [3.63, 3.8) is 0 Å². The number of nitrogens with one attached hydrogen (secondary N) is 1. The summed E-state index contributed by atoms with van der Waals surface area (Å²) in [5.74, 6) is 1.02. The van der Waals surface area contributed by atoms with Crippen LogP contribution in [0, 0.1) is 0 Å². The van der Waals surface area contributed by atoms with E-state index >= 15 is 0 Å². The number of ketones is 1. The normalized spacial score (nSPS) is 15.0. The fourth-order valence-corrected chi connectivity index (χ4v) is 5.59. The van der Waals surface area contributed by atoms with Crippen molar-refractivity contribution in [3.05, 3.63) is 61.8 Å². The molecular formula is C25H26N2O4S. The summed E-state index contributed by atoms with van der Waals surface area (Å²) in [6, 6.07) is 5.78. The van der Waals surface area contributed by atoms with Crippen molar-refractivity contribution >= 4 is 45.2 Å². The summed E-state index contributed by atoms with van der Waals surface area (Å²) >= 11 is 1.53. The van der Waals surface area contributed by atoms with E-state index in [1.54, 1.807) is 14.2 Å². The Hall–Kier alpha value is -3.32. The maximum absolute atomic E-state index is 12.4. The van der Waals surface area contributed by atoms with Crippen LogP contribution in [0.15, 0.2) is 34.6 Å². The minimum Gasteiger partial charge on any atom is -0.493 e. The Morgan fingerprint density at radius 2 is 1.91 bits per heavy atom.